The summed E-state index contributed by atoms with van der Waals surface area (Å²) in [5, 5.41) is 8.99. The van der Waals surface area contributed by atoms with Crippen molar-refractivity contribution in [2.24, 2.45) is 0 Å². The summed E-state index contributed by atoms with van der Waals surface area (Å²) in [4.78, 5) is 26.6. The minimum atomic E-state index is -4.71. The minimum Gasteiger partial charge on any atom is -0.325 e. The number of aromatic nitrogens is 2. The van der Waals surface area contributed by atoms with Crippen LogP contribution in [0.1, 0.15) is 61.6 Å². The molecular formula is C21H26F3N5O2. The van der Waals surface area contributed by atoms with Crippen LogP contribution in [0.5, 0.6) is 0 Å². The number of benzene rings is 1. The SMILES string of the molecule is CC(C)n1ncc(C(=O)Nc2ccc(NC(=O)N3CCCCCC3)cc2)c1C(F)(F)F. The average Bonchev–Trinajstić information content (AvgIpc) is 3.00. The van der Waals surface area contributed by atoms with E-state index in [9.17, 15) is 22.8 Å². The molecule has 0 bridgehead atoms. The molecule has 10 heteroatoms. The molecule has 2 N–H and O–H groups in total. The van der Waals surface area contributed by atoms with Crippen LogP contribution in [0.15, 0.2) is 30.5 Å². The maximum atomic E-state index is 13.5. The Morgan fingerprint density at radius 2 is 1.52 bits per heavy atom. The number of hydrogen-bond donors (Lipinski definition) is 2. The fraction of sp³-hybridized carbons (Fsp3) is 0.476. The molecule has 168 valence electrons. The number of amides is 3. The fourth-order valence-electron chi connectivity index (χ4n) is 3.51. The first-order valence-electron chi connectivity index (χ1n) is 10.3. The van der Waals surface area contributed by atoms with Gasteiger partial charge < -0.3 is 15.5 Å². The predicted molar refractivity (Wildman–Crippen MR) is 111 cm³/mol. The molecule has 1 aliphatic heterocycles. The molecule has 7 nitrogen and oxygen atoms in total. The number of urea groups is 1. The summed E-state index contributed by atoms with van der Waals surface area (Å²) in [5.41, 5.74) is -0.778. The maximum absolute atomic E-state index is 13.5. The summed E-state index contributed by atoms with van der Waals surface area (Å²) in [6.07, 6.45) is 0.398. The number of alkyl halides is 3. The van der Waals surface area contributed by atoms with Crippen molar-refractivity contribution >= 4 is 23.3 Å². The first-order valence-corrected chi connectivity index (χ1v) is 10.3. The molecule has 1 aromatic carbocycles. The first-order chi connectivity index (χ1) is 14.7. The smallest absolute Gasteiger partial charge is 0.325 e. The molecule has 3 amide bonds. The highest BCUT2D eigenvalue weighted by molar-refractivity contribution is 6.05. The predicted octanol–water partition coefficient (Wildman–Crippen LogP) is 5.14. The van der Waals surface area contributed by atoms with Gasteiger partial charge in [-0.25, -0.2) is 4.79 Å². The third-order valence-electron chi connectivity index (χ3n) is 5.09. The molecule has 2 heterocycles. The molecule has 0 aliphatic carbocycles. The summed E-state index contributed by atoms with van der Waals surface area (Å²) >= 11 is 0. The van der Waals surface area contributed by atoms with E-state index in [-0.39, 0.29) is 6.03 Å². The van der Waals surface area contributed by atoms with Crippen molar-refractivity contribution in [1.82, 2.24) is 14.7 Å². The van der Waals surface area contributed by atoms with Gasteiger partial charge in [0.15, 0.2) is 5.69 Å². The zero-order chi connectivity index (χ0) is 22.6. The summed E-state index contributed by atoms with van der Waals surface area (Å²) in [6.45, 7) is 4.54. The Kier molecular flexibility index (Phi) is 6.87. The van der Waals surface area contributed by atoms with Crippen molar-refractivity contribution in [2.45, 2.75) is 51.7 Å². The van der Waals surface area contributed by atoms with Crippen LogP contribution in [0.25, 0.3) is 0 Å². The first kappa shape index (κ1) is 22.6. The van der Waals surface area contributed by atoms with Crippen LogP contribution in [0, 0.1) is 0 Å². The lowest BCUT2D eigenvalue weighted by Crippen LogP contribution is -2.35. The molecule has 0 spiro atoms. The van der Waals surface area contributed by atoms with Crippen LogP contribution in [-0.4, -0.2) is 39.7 Å². The van der Waals surface area contributed by atoms with Gasteiger partial charge in [0, 0.05) is 30.5 Å². The van der Waals surface area contributed by atoms with E-state index in [4.69, 9.17) is 0 Å². The number of carbonyl (C=O) groups is 2. The van der Waals surface area contributed by atoms with E-state index in [2.05, 4.69) is 15.7 Å². The highest BCUT2D eigenvalue weighted by Gasteiger charge is 2.40. The van der Waals surface area contributed by atoms with Gasteiger partial charge in [-0.05, 0) is 51.0 Å². The van der Waals surface area contributed by atoms with Crippen LogP contribution >= 0.6 is 0 Å². The third-order valence-corrected chi connectivity index (χ3v) is 5.09. The second-order valence-corrected chi connectivity index (χ2v) is 7.81. The monoisotopic (exact) mass is 437 g/mol. The van der Waals surface area contributed by atoms with Gasteiger partial charge in [0.1, 0.15) is 0 Å². The van der Waals surface area contributed by atoms with Crippen LogP contribution in [0.4, 0.5) is 29.3 Å². The minimum absolute atomic E-state index is 0.186. The number of halogens is 3. The Morgan fingerprint density at radius 3 is 2.03 bits per heavy atom. The Balaban J connectivity index is 1.67. The van der Waals surface area contributed by atoms with Gasteiger partial charge >= 0.3 is 12.2 Å². The van der Waals surface area contributed by atoms with Crippen molar-refractivity contribution in [3.05, 3.63) is 41.7 Å². The Morgan fingerprint density at radius 1 is 0.968 bits per heavy atom. The summed E-state index contributed by atoms with van der Waals surface area (Å²) in [5.74, 6) is -0.902. The number of carbonyl (C=O) groups excluding carboxylic acids is 2. The summed E-state index contributed by atoms with van der Waals surface area (Å²) in [7, 11) is 0. The molecule has 1 fully saturated rings. The second kappa shape index (κ2) is 9.40. The molecule has 2 aromatic rings. The molecule has 0 radical (unpaired) electrons. The van der Waals surface area contributed by atoms with Gasteiger partial charge in [0.2, 0.25) is 0 Å². The summed E-state index contributed by atoms with van der Waals surface area (Å²) in [6, 6.07) is 5.49. The zero-order valence-corrected chi connectivity index (χ0v) is 17.5. The highest BCUT2D eigenvalue weighted by atomic mass is 19.4. The third kappa shape index (κ3) is 5.56. The number of nitrogens with one attached hydrogen (secondary N) is 2. The maximum Gasteiger partial charge on any atom is 0.433 e. The largest absolute Gasteiger partial charge is 0.433 e. The lowest BCUT2D eigenvalue weighted by atomic mass is 10.2. The molecule has 1 aliphatic rings. The fourth-order valence-corrected chi connectivity index (χ4v) is 3.51. The van der Waals surface area contributed by atoms with E-state index >= 15 is 0 Å². The van der Waals surface area contributed by atoms with Crippen molar-refractivity contribution in [1.29, 1.82) is 0 Å². The molecular weight excluding hydrogens is 411 g/mol. The number of rotatable bonds is 4. The Hall–Kier alpha value is -3.04. The van der Waals surface area contributed by atoms with E-state index in [0.29, 0.717) is 24.5 Å². The van der Waals surface area contributed by atoms with Gasteiger partial charge in [-0.2, -0.15) is 18.3 Å². The number of hydrogen-bond acceptors (Lipinski definition) is 3. The standard InChI is InChI=1S/C21H26F3N5O2/c1-14(2)29-18(21(22,23)24)17(13-25-29)19(30)26-15-7-9-16(10-8-15)27-20(31)28-11-5-3-4-6-12-28/h7-10,13-14H,3-6,11-12H2,1-2H3,(H,26,30)(H,27,31). The van der Waals surface area contributed by atoms with Gasteiger partial charge in [0.25, 0.3) is 5.91 Å². The van der Waals surface area contributed by atoms with Crippen molar-refractivity contribution < 1.29 is 22.8 Å². The lowest BCUT2D eigenvalue weighted by molar-refractivity contribution is -0.145. The van der Waals surface area contributed by atoms with E-state index in [1.807, 2.05) is 0 Å². The molecule has 0 unspecified atom stereocenters. The lowest BCUT2D eigenvalue weighted by Gasteiger charge is -2.20. The van der Waals surface area contributed by atoms with Gasteiger partial charge in [-0.15, -0.1) is 0 Å². The van der Waals surface area contributed by atoms with Crippen LogP contribution in [0.2, 0.25) is 0 Å². The molecule has 31 heavy (non-hydrogen) atoms. The zero-order valence-electron chi connectivity index (χ0n) is 17.5. The van der Waals surface area contributed by atoms with Gasteiger partial charge in [0.05, 0.1) is 11.8 Å². The van der Waals surface area contributed by atoms with Gasteiger partial charge in [-0.1, -0.05) is 12.8 Å². The molecule has 0 atom stereocenters. The van der Waals surface area contributed by atoms with Gasteiger partial charge in [-0.3, -0.25) is 9.48 Å². The number of likely N-dealkylation sites (tertiary alicyclic amines) is 1. The van der Waals surface area contributed by atoms with E-state index in [1.54, 1.807) is 30.9 Å². The number of nitrogens with zero attached hydrogens (tertiary/aromatic N) is 3. The van der Waals surface area contributed by atoms with E-state index in [1.165, 1.54) is 12.1 Å². The quantitative estimate of drug-likeness (QED) is 0.695. The molecule has 1 aromatic heterocycles. The van der Waals surface area contributed by atoms with Crippen molar-refractivity contribution in [2.75, 3.05) is 23.7 Å². The van der Waals surface area contributed by atoms with E-state index < -0.39 is 29.4 Å². The Bertz CT molecular complexity index is 914. The van der Waals surface area contributed by atoms with Crippen molar-refractivity contribution in [3.63, 3.8) is 0 Å². The van der Waals surface area contributed by atoms with Crippen molar-refractivity contribution in [3.8, 4) is 0 Å². The van der Waals surface area contributed by atoms with E-state index in [0.717, 1.165) is 36.6 Å². The normalized spacial score (nSPS) is 15.0. The average molecular weight is 437 g/mol. The topological polar surface area (TPSA) is 79.3 Å². The summed E-state index contributed by atoms with van der Waals surface area (Å²) < 4.78 is 41.2. The molecule has 0 saturated carbocycles. The van der Waals surface area contributed by atoms with Crippen LogP contribution < -0.4 is 10.6 Å². The molecule has 3 rings (SSSR count). The number of anilines is 2. The second-order valence-electron chi connectivity index (χ2n) is 7.81. The molecule has 1 saturated heterocycles. The highest BCUT2D eigenvalue weighted by Crippen LogP contribution is 2.34. The Labute approximate surface area is 178 Å². The van der Waals surface area contributed by atoms with Crippen LogP contribution in [0.3, 0.4) is 0 Å². The van der Waals surface area contributed by atoms with Crippen LogP contribution in [-0.2, 0) is 6.18 Å².